The van der Waals surface area contributed by atoms with Crippen molar-refractivity contribution in [3.8, 4) is 0 Å². The zero-order valence-electron chi connectivity index (χ0n) is 18.1. The van der Waals surface area contributed by atoms with Crippen LogP contribution < -0.4 is 20.9 Å². The van der Waals surface area contributed by atoms with E-state index in [1.54, 1.807) is 12.1 Å². The second-order valence-corrected chi connectivity index (χ2v) is 8.90. The lowest BCUT2D eigenvalue weighted by atomic mass is 9.91. The Hall–Kier alpha value is -2.68. The van der Waals surface area contributed by atoms with E-state index in [-0.39, 0.29) is 17.7 Å². The van der Waals surface area contributed by atoms with Crippen molar-refractivity contribution in [2.24, 2.45) is 0 Å². The molecule has 0 aromatic carbocycles. The molecule has 0 unspecified atom stereocenters. The molecule has 31 heavy (non-hydrogen) atoms. The minimum atomic E-state index is -0.334. The summed E-state index contributed by atoms with van der Waals surface area (Å²) in [4.78, 5) is 23.8. The van der Waals surface area contributed by atoms with Crippen LogP contribution in [0.25, 0.3) is 0 Å². The summed E-state index contributed by atoms with van der Waals surface area (Å²) in [6.45, 7) is 0. The van der Waals surface area contributed by atoms with Crippen LogP contribution in [0.4, 0.5) is 11.8 Å². The number of thiocarbonyl (C=S) groups is 1. The molecule has 0 aliphatic heterocycles. The van der Waals surface area contributed by atoms with E-state index in [1.165, 1.54) is 30.4 Å². The van der Waals surface area contributed by atoms with E-state index in [0.717, 1.165) is 50.3 Å². The van der Waals surface area contributed by atoms with Gasteiger partial charge in [-0.15, -0.1) is 0 Å². The third-order valence-corrected chi connectivity index (χ3v) is 6.17. The van der Waals surface area contributed by atoms with Crippen molar-refractivity contribution in [3.05, 3.63) is 35.4 Å². The Bertz CT molecular complexity index is 922. The maximum Gasteiger partial charge on any atom is 0.293 e. The second kappa shape index (κ2) is 9.64. The van der Waals surface area contributed by atoms with E-state index in [0.29, 0.717) is 11.2 Å². The molecule has 1 fully saturated rings. The fourth-order valence-electron chi connectivity index (χ4n) is 4.37. The maximum absolute atomic E-state index is 12.0. The first kappa shape index (κ1) is 21.5. The summed E-state index contributed by atoms with van der Waals surface area (Å²) < 4.78 is 5.09. The third-order valence-electron chi connectivity index (χ3n) is 5.95. The first-order valence-electron chi connectivity index (χ1n) is 11.0. The highest BCUT2D eigenvalue weighted by atomic mass is 32.1. The number of hydrogen-bond acceptors (Lipinski definition) is 7. The van der Waals surface area contributed by atoms with Crippen LogP contribution in [0.15, 0.2) is 22.8 Å². The molecule has 4 rings (SSSR count). The summed E-state index contributed by atoms with van der Waals surface area (Å²) in [6, 6.07) is 3.86. The highest BCUT2D eigenvalue weighted by Crippen LogP contribution is 2.29. The Labute approximate surface area is 188 Å². The van der Waals surface area contributed by atoms with Crippen molar-refractivity contribution in [1.29, 1.82) is 0 Å². The van der Waals surface area contributed by atoms with Crippen molar-refractivity contribution in [2.45, 2.75) is 63.5 Å². The Morgan fingerprint density at radius 1 is 1.13 bits per heavy atom. The average molecular weight is 443 g/mol. The summed E-state index contributed by atoms with van der Waals surface area (Å²) in [6.07, 6.45) is 9.87. The Balaban J connectivity index is 1.29. The lowest BCUT2D eigenvalue weighted by molar-refractivity contribution is 0.0949. The molecule has 3 N–H and O–H groups in total. The van der Waals surface area contributed by atoms with Gasteiger partial charge in [0.2, 0.25) is 5.95 Å². The maximum atomic E-state index is 12.0. The monoisotopic (exact) mass is 442 g/mol. The van der Waals surface area contributed by atoms with Gasteiger partial charge in [-0.2, -0.15) is 4.98 Å². The van der Waals surface area contributed by atoms with E-state index in [9.17, 15) is 4.79 Å². The molecule has 0 radical (unpaired) electrons. The van der Waals surface area contributed by atoms with Crippen molar-refractivity contribution in [2.75, 3.05) is 24.3 Å². The van der Waals surface area contributed by atoms with Crippen LogP contribution >= 0.6 is 12.2 Å². The molecule has 0 spiro atoms. The van der Waals surface area contributed by atoms with Crippen molar-refractivity contribution in [1.82, 2.24) is 20.6 Å². The molecule has 166 valence electrons. The topological polar surface area (TPSA) is 95.3 Å². The van der Waals surface area contributed by atoms with Gasteiger partial charge in [0, 0.05) is 31.7 Å². The van der Waals surface area contributed by atoms with Crippen LogP contribution in [0.3, 0.4) is 0 Å². The number of nitrogens with one attached hydrogen (secondary N) is 3. The molecule has 2 aliphatic carbocycles. The minimum Gasteiger partial charge on any atom is -0.459 e. The fraction of sp³-hybridized carbons (Fsp3) is 0.545. The number of amides is 1. The zero-order valence-corrected chi connectivity index (χ0v) is 18.9. The summed E-state index contributed by atoms with van der Waals surface area (Å²) in [5.74, 6) is 1.69. The zero-order chi connectivity index (χ0) is 21.8. The highest BCUT2D eigenvalue weighted by molar-refractivity contribution is 7.80. The largest absolute Gasteiger partial charge is 0.459 e. The fourth-order valence-corrected chi connectivity index (χ4v) is 4.63. The predicted octanol–water partition coefficient (Wildman–Crippen LogP) is 3.04. The molecular formula is C22H30N6O2S. The van der Waals surface area contributed by atoms with Gasteiger partial charge in [0.05, 0.1) is 12.0 Å². The van der Waals surface area contributed by atoms with Crippen LogP contribution in [0.1, 0.15) is 60.3 Å². The number of carbonyl (C=O) groups excluding carboxylic acids is 1. The number of hydrogen-bond donors (Lipinski definition) is 3. The molecule has 8 nitrogen and oxygen atoms in total. The lowest BCUT2D eigenvalue weighted by Crippen LogP contribution is -2.46. The number of aromatic nitrogens is 2. The van der Waals surface area contributed by atoms with Crippen LogP contribution in [-0.4, -0.2) is 47.2 Å². The second-order valence-electron chi connectivity index (χ2n) is 8.50. The standard InChI is InChI=1S/C22H30N6O2S/c1-28(2)19-16-6-3-4-7-17(16)25-21(26-19)23-14-9-11-15(12-10-14)24-22(31)27-20(29)18-8-5-13-30-18/h5,8,13-15H,3-4,6-7,9-12H2,1-2H3,(H,23,25,26)(H2,24,27,29,31). The van der Waals surface area contributed by atoms with Crippen LogP contribution in [-0.2, 0) is 12.8 Å². The lowest BCUT2D eigenvalue weighted by Gasteiger charge is -2.31. The molecule has 0 atom stereocenters. The number of rotatable bonds is 5. The van der Waals surface area contributed by atoms with Crippen LogP contribution in [0, 0.1) is 0 Å². The van der Waals surface area contributed by atoms with Crippen molar-refractivity contribution in [3.63, 3.8) is 0 Å². The predicted molar refractivity (Wildman–Crippen MR) is 125 cm³/mol. The molecule has 2 aliphatic rings. The Morgan fingerprint density at radius 2 is 1.87 bits per heavy atom. The van der Waals surface area contributed by atoms with Gasteiger partial charge < -0.3 is 20.0 Å². The summed E-state index contributed by atoms with van der Waals surface area (Å²) in [5, 5.41) is 9.83. The first-order chi connectivity index (χ1) is 15.0. The van der Waals surface area contributed by atoms with Gasteiger partial charge in [-0.1, -0.05) is 0 Å². The molecule has 2 aromatic heterocycles. The van der Waals surface area contributed by atoms with Crippen LogP contribution in [0.2, 0.25) is 0 Å². The van der Waals surface area contributed by atoms with Gasteiger partial charge in [-0.05, 0) is 75.7 Å². The summed E-state index contributed by atoms with van der Waals surface area (Å²) >= 11 is 5.29. The van der Waals surface area contributed by atoms with Gasteiger partial charge in [-0.25, -0.2) is 4.98 Å². The Kier molecular flexibility index (Phi) is 6.70. The number of nitrogens with zero attached hydrogens (tertiary/aromatic N) is 3. The molecule has 9 heteroatoms. The average Bonchev–Trinajstić information content (AvgIpc) is 3.29. The molecular weight excluding hydrogens is 412 g/mol. The SMILES string of the molecule is CN(C)c1nc(NC2CCC(NC(=S)NC(=O)c3ccco3)CC2)nc2c1CCCC2. The Morgan fingerprint density at radius 3 is 2.58 bits per heavy atom. The van der Waals surface area contributed by atoms with E-state index in [1.807, 2.05) is 14.1 Å². The highest BCUT2D eigenvalue weighted by Gasteiger charge is 2.24. The number of aryl methyl sites for hydroxylation is 1. The molecule has 1 saturated carbocycles. The molecule has 1 amide bonds. The van der Waals surface area contributed by atoms with Crippen LogP contribution in [0.5, 0.6) is 0 Å². The summed E-state index contributed by atoms with van der Waals surface area (Å²) in [7, 11) is 4.09. The normalized spacial score (nSPS) is 20.5. The molecule has 2 aromatic rings. The van der Waals surface area contributed by atoms with Crippen molar-refractivity contribution >= 4 is 35.0 Å². The van der Waals surface area contributed by atoms with Gasteiger partial charge in [0.25, 0.3) is 5.91 Å². The number of fused-ring (bicyclic) bond motifs is 1. The van der Waals surface area contributed by atoms with E-state index < -0.39 is 0 Å². The third kappa shape index (κ3) is 5.33. The van der Waals surface area contributed by atoms with Gasteiger partial charge in [0.1, 0.15) is 5.82 Å². The van der Waals surface area contributed by atoms with E-state index in [2.05, 4.69) is 20.9 Å². The number of anilines is 2. The first-order valence-corrected chi connectivity index (χ1v) is 11.4. The molecule has 0 saturated heterocycles. The molecule has 2 heterocycles. The van der Waals surface area contributed by atoms with E-state index >= 15 is 0 Å². The van der Waals surface area contributed by atoms with E-state index in [4.69, 9.17) is 26.6 Å². The quantitative estimate of drug-likeness (QED) is 0.608. The van der Waals surface area contributed by atoms with Gasteiger partial charge in [0.15, 0.2) is 10.9 Å². The van der Waals surface area contributed by atoms with Gasteiger partial charge in [-0.3, -0.25) is 10.1 Å². The minimum absolute atomic E-state index is 0.240. The number of furan rings is 1. The van der Waals surface area contributed by atoms with Gasteiger partial charge >= 0.3 is 0 Å². The number of carbonyl (C=O) groups is 1. The summed E-state index contributed by atoms with van der Waals surface area (Å²) in [5.41, 5.74) is 2.50. The van der Waals surface area contributed by atoms with Crippen molar-refractivity contribution < 1.29 is 9.21 Å². The smallest absolute Gasteiger partial charge is 0.293 e. The molecule has 0 bridgehead atoms.